The van der Waals surface area contributed by atoms with Crippen molar-refractivity contribution in [2.75, 3.05) is 33.2 Å². The van der Waals surface area contributed by atoms with Crippen molar-refractivity contribution in [2.45, 2.75) is 57.3 Å². The molecule has 3 fully saturated rings. The first-order chi connectivity index (χ1) is 10.2. The number of likely N-dealkylation sites (tertiary alicyclic amines) is 1. The average molecular weight is 422 g/mol. The summed E-state index contributed by atoms with van der Waals surface area (Å²) in [5.41, 5.74) is 0. The molecule has 128 valence electrons. The smallest absolute Gasteiger partial charge is 0.191 e. The van der Waals surface area contributed by atoms with Crippen molar-refractivity contribution in [3.05, 3.63) is 0 Å². The molecule has 2 N–H and O–H groups in total. The van der Waals surface area contributed by atoms with E-state index >= 15 is 0 Å². The van der Waals surface area contributed by atoms with Crippen LogP contribution >= 0.6 is 24.0 Å². The lowest BCUT2D eigenvalue weighted by molar-refractivity contribution is 0.0992. The maximum Gasteiger partial charge on any atom is 0.191 e. The SMILES string of the molecule is CCNC(=NCC1CCCN(C)C1)NC1CC2CCC1O2.I. The average Bonchev–Trinajstić information content (AvgIpc) is 3.08. The summed E-state index contributed by atoms with van der Waals surface area (Å²) < 4.78 is 5.92. The first kappa shape index (κ1) is 18.3. The Morgan fingerprint density at radius 1 is 1.32 bits per heavy atom. The molecule has 5 nitrogen and oxygen atoms in total. The number of guanidine groups is 1. The van der Waals surface area contributed by atoms with E-state index in [1.807, 2.05) is 0 Å². The van der Waals surface area contributed by atoms with E-state index in [2.05, 4.69) is 29.5 Å². The third kappa shape index (κ3) is 4.71. The second-order valence-corrected chi connectivity index (χ2v) is 6.85. The zero-order valence-electron chi connectivity index (χ0n) is 13.9. The van der Waals surface area contributed by atoms with Crippen LogP contribution in [0, 0.1) is 5.92 Å². The van der Waals surface area contributed by atoms with Crippen LogP contribution in [0.3, 0.4) is 0 Å². The minimum atomic E-state index is 0. The molecule has 0 aliphatic carbocycles. The Balaban J connectivity index is 0.00000176. The minimum Gasteiger partial charge on any atom is -0.373 e. The summed E-state index contributed by atoms with van der Waals surface area (Å²) in [6.45, 7) is 6.39. The summed E-state index contributed by atoms with van der Waals surface area (Å²) in [5.74, 6) is 1.68. The number of halogens is 1. The molecule has 3 aliphatic rings. The molecule has 0 spiro atoms. The number of hydrogen-bond acceptors (Lipinski definition) is 3. The lowest BCUT2D eigenvalue weighted by Gasteiger charge is -2.29. The molecule has 2 bridgehead atoms. The van der Waals surface area contributed by atoms with Crippen molar-refractivity contribution in [3.63, 3.8) is 0 Å². The molecule has 6 heteroatoms. The highest BCUT2D eigenvalue weighted by atomic mass is 127. The normalized spacial score (nSPS) is 35.3. The molecule has 0 amide bonds. The lowest BCUT2D eigenvalue weighted by atomic mass is 9.96. The van der Waals surface area contributed by atoms with Gasteiger partial charge in [-0.3, -0.25) is 4.99 Å². The molecular weight excluding hydrogens is 391 g/mol. The Morgan fingerprint density at radius 2 is 2.18 bits per heavy atom. The van der Waals surface area contributed by atoms with Crippen LogP contribution in [0.15, 0.2) is 4.99 Å². The maximum absolute atomic E-state index is 5.92. The van der Waals surface area contributed by atoms with Gasteiger partial charge in [0.2, 0.25) is 0 Å². The summed E-state index contributed by atoms with van der Waals surface area (Å²) in [7, 11) is 2.21. The van der Waals surface area contributed by atoms with Crippen molar-refractivity contribution < 1.29 is 4.74 Å². The van der Waals surface area contributed by atoms with E-state index < -0.39 is 0 Å². The Morgan fingerprint density at radius 3 is 2.82 bits per heavy atom. The highest BCUT2D eigenvalue weighted by Crippen LogP contribution is 2.34. The van der Waals surface area contributed by atoms with E-state index in [0.717, 1.165) is 25.5 Å². The molecule has 4 atom stereocenters. The molecule has 3 heterocycles. The molecule has 0 aromatic rings. The zero-order valence-corrected chi connectivity index (χ0v) is 16.2. The summed E-state index contributed by atoms with van der Waals surface area (Å²) in [4.78, 5) is 7.26. The first-order valence-corrected chi connectivity index (χ1v) is 8.63. The number of piperidine rings is 1. The van der Waals surface area contributed by atoms with Gasteiger partial charge in [0.05, 0.1) is 18.2 Å². The number of ether oxygens (including phenoxy) is 1. The second kappa shape index (κ2) is 8.68. The number of hydrogen-bond donors (Lipinski definition) is 2. The molecule has 0 saturated carbocycles. The Labute approximate surface area is 151 Å². The molecular formula is C16H31IN4O. The Kier molecular flexibility index (Phi) is 7.21. The van der Waals surface area contributed by atoms with E-state index in [9.17, 15) is 0 Å². The van der Waals surface area contributed by atoms with E-state index in [1.54, 1.807) is 0 Å². The highest BCUT2D eigenvalue weighted by molar-refractivity contribution is 14.0. The summed E-state index contributed by atoms with van der Waals surface area (Å²) in [6.07, 6.45) is 7.09. The van der Waals surface area contributed by atoms with Gasteiger partial charge < -0.3 is 20.3 Å². The number of nitrogens with zero attached hydrogens (tertiary/aromatic N) is 2. The zero-order chi connectivity index (χ0) is 14.7. The van der Waals surface area contributed by atoms with Gasteiger partial charge in [0, 0.05) is 19.6 Å². The summed E-state index contributed by atoms with van der Waals surface area (Å²) in [6, 6.07) is 0.454. The van der Waals surface area contributed by atoms with E-state index in [1.165, 1.54) is 38.8 Å². The largest absolute Gasteiger partial charge is 0.373 e. The first-order valence-electron chi connectivity index (χ1n) is 8.63. The van der Waals surface area contributed by atoms with Gasteiger partial charge in [-0.2, -0.15) is 0 Å². The number of fused-ring (bicyclic) bond motifs is 2. The van der Waals surface area contributed by atoms with Gasteiger partial charge in [-0.25, -0.2) is 0 Å². The van der Waals surface area contributed by atoms with Crippen molar-refractivity contribution in [1.82, 2.24) is 15.5 Å². The summed E-state index contributed by atoms with van der Waals surface area (Å²) in [5, 5.41) is 6.99. The molecule has 0 aromatic carbocycles. The van der Waals surface area contributed by atoms with Crippen LogP contribution in [0.25, 0.3) is 0 Å². The van der Waals surface area contributed by atoms with Crippen molar-refractivity contribution in [1.29, 1.82) is 0 Å². The molecule has 3 aliphatic heterocycles. The van der Waals surface area contributed by atoms with Crippen molar-refractivity contribution in [3.8, 4) is 0 Å². The molecule has 3 saturated heterocycles. The molecule has 0 radical (unpaired) electrons. The number of aliphatic imine (C=N–C) groups is 1. The van der Waals surface area contributed by atoms with Gasteiger partial charge in [-0.15, -0.1) is 24.0 Å². The molecule has 3 rings (SSSR count). The monoisotopic (exact) mass is 422 g/mol. The minimum absolute atomic E-state index is 0. The van der Waals surface area contributed by atoms with Gasteiger partial charge in [0.1, 0.15) is 0 Å². The standard InChI is InChI=1S/C16H30N4O.HI/c1-3-17-16(18-10-12-5-4-8-20(2)11-12)19-14-9-13-6-7-15(14)21-13;/h12-15H,3-11H2,1-2H3,(H2,17,18,19);1H. The topological polar surface area (TPSA) is 48.9 Å². The van der Waals surface area contributed by atoms with Crippen molar-refractivity contribution >= 4 is 29.9 Å². The fourth-order valence-corrected chi connectivity index (χ4v) is 3.93. The Hall–Kier alpha value is -0.0800. The van der Waals surface area contributed by atoms with Crippen molar-refractivity contribution in [2.24, 2.45) is 10.9 Å². The molecule has 22 heavy (non-hydrogen) atoms. The third-order valence-corrected chi connectivity index (χ3v) is 5.00. The second-order valence-electron chi connectivity index (χ2n) is 6.85. The molecule has 0 aromatic heterocycles. The highest BCUT2D eigenvalue weighted by Gasteiger charge is 2.41. The predicted molar refractivity (Wildman–Crippen MR) is 101 cm³/mol. The van der Waals surface area contributed by atoms with Crippen LogP contribution in [0.1, 0.15) is 39.0 Å². The van der Waals surface area contributed by atoms with Crippen LogP contribution in [0.2, 0.25) is 0 Å². The van der Waals surface area contributed by atoms with E-state index in [4.69, 9.17) is 9.73 Å². The predicted octanol–water partition coefficient (Wildman–Crippen LogP) is 1.82. The fourth-order valence-electron chi connectivity index (χ4n) is 3.93. The summed E-state index contributed by atoms with van der Waals surface area (Å²) >= 11 is 0. The third-order valence-electron chi connectivity index (χ3n) is 5.00. The van der Waals surface area contributed by atoms with Crippen LogP contribution < -0.4 is 10.6 Å². The maximum atomic E-state index is 5.92. The van der Waals surface area contributed by atoms with Gasteiger partial charge in [0.25, 0.3) is 0 Å². The van der Waals surface area contributed by atoms with Crippen LogP contribution in [0.4, 0.5) is 0 Å². The van der Waals surface area contributed by atoms with Gasteiger partial charge in [0.15, 0.2) is 5.96 Å². The van der Waals surface area contributed by atoms with Crippen LogP contribution in [-0.2, 0) is 4.74 Å². The fraction of sp³-hybridized carbons (Fsp3) is 0.938. The Bertz CT molecular complexity index is 379. The van der Waals surface area contributed by atoms with E-state index in [-0.39, 0.29) is 24.0 Å². The molecule has 4 unspecified atom stereocenters. The quantitative estimate of drug-likeness (QED) is 0.412. The van der Waals surface area contributed by atoms with Gasteiger partial charge >= 0.3 is 0 Å². The van der Waals surface area contributed by atoms with E-state index in [0.29, 0.717) is 24.2 Å². The lowest BCUT2D eigenvalue weighted by Crippen LogP contribution is -2.47. The number of rotatable bonds is 4. The number of nitrogens with one attached hydrogen (secondary N) is 2. The van der Waals surface area contributed by atoms with Crippen LogP contribution in [0.5, 0.6) is 0 Å². The van der Waals surface area contributed by atoms with Crippen LogP contribution in [-0.4, -0.2) is 62.3 Å². The van der Waals surface area contributed by atoms with Gasteiger partial charge in [-0.1, -0.05) is 0 Å². The van der Waals surface area contributed by atoms with Gasteiger partial charge in [-0.05, 0) is 58.5 Å².